The van der Waals surface area contributed by atoms with Gasteiger partial charge < -0.3 is 15.5 Å². The van der Waals surface area contributed by atoms with Crippen molar-refractivity contribution in [2.24, 2.45) is 5.92 Å². The number of sulfonamides is 1. The van der Waals surface area contributed by atoms with Crippen molar-refractivity contribution in [1.29, 1.82) is 0 Å². The molecule has 2 fully saturated rings. The van der Waals surface area contributed by atoms with Gasteiger partial charge in [-0.25, -0.2) is 12.7 Å². The maximum Gasteiger partial charge on any atom is 0.223 e. The van der Waals surface area contributed by atoms with Crippen molar-refractivity contribution >= 4 is 28.3 Å². The molecule has 0 aliphatic carbocycles. The molecule has 2 aliphatic heterocycles. The quantitative estimate of drug-likeness (QED) is 0.546. The number of hydrogen-bond acceptors (Lipinski definition) is 5. The van der Waals surface area contributed by atoms with Gasteiger partial charge in [-0.15, -0.1) is 12.4 Å². The number of unbranched alkanes of at least 4 members (excludes halogenated alkanes) is 1. The Labute approximate surface area is 164 Å². The van der Waals surface area contributed by atoms with E-state index in [1.165, 1.54) is 0 Å². The molecule has 2 heterocycles. The van der Waals surface area contributed by atoms with Gasteiger partial charge in [0.05, 0.1) is 5.75 Å². The summed E-state index contributed by atoms with van der Waals surface area (Å²) >= 11 is 0. The van der Waals surface area contributed by atoms with Crippen molar-refractivity contribution in [3.05, 3.63) is 0 Å². The summed E-state index contributed by atoms with van der Waals surface area (Å²) in [6.45, 7) is 8.94. The zero-order valence-corrected chi connectivity index (χ0v) is 17.5. The minimum atomic E-state index is -3.14. The highest BCUT2D eigenvalue weighted by atomic mass is 35.5. The summed E-state index contributed by atoms with van der Waals surface area (Å²) in [6.07, 6.45) is 3.82. The molecule has 0 bridgehead atoms. The number of amides is 1. The third-order valence-corrected chi connectivity index (χ3v) is 7.09. The second kappa shape index (κ2) is 12.1. The highest BCUT2D eigenvalue weighted by molar-refractivity contribution is 7.89. The molecule has 2 rings (SSSR count). The molecule has 26 heavy (non-hydrogen) atoms. The van der Waals surface area contributed by atoms with Crippen LogP contribution < -0.4 is 10.6 Å². The Hall–Kier alpha value is -0.410. The summed E-state index contributed by atoms with van der Waals surface area (Å²) in [4.78, 5) is 14.7. The Morgan fingerprint density at radius 1 is 1.12 bits per heavy atom. The maximum atomic E-state index is 12.3. The molecule has 1 amide bonds. The zero-order chi connectivity index (χ0) is 18.1. The summed E-state index contributed by atoms with van der Waals surface area (Å²) in [5.41, 5.74) is 0. The second-order valence-electron chi connectivity index (χ2n) is 7.08. The van der Waals surface area contributed by atoms with E-state index in [1.807, 2.05) is 6.92 Å². The Bertz CT molecular complexity index is 504. The fraction of sp³-hybridized carbons (Fsp3) is 0.941. The van der Waals surface area contributed by atoms with E-state index in [-0.39, 0.29) is 30.0 Å². The first-order chi connectivity index (χ1) is 12.0. The SMILES string of the molecule is CCCCS(=O)(=O)N1CCC(C(=O)NCCCN2CCNCC2)CC1.Cl. The van der Waals surface area contributed by atoms with Gasteiger partial charge in [-0.3, -0.25) is 4.79 Å². The standard InChI is InChI=1S/C17H34N4O3S.ClH/c1-2-3-15-25(23,24)21-11-5-16(6-12-21)17(22)19-7-4-10-20-13-8-18-9-14-20;/h16,18H,2-15H2,1H3,(H,19,22);1H. The average molecular weight is 411 g/mol. The van der Waals surface area contributed by atoms with Crippen molar-refractivity contribution in [2.45, 2.75) is 39.0 Å². The van der Waals surface area contributed by atoms with Crippen LogP contribution in [0.3, 0.4) is 0 Å². The molecule has 7 nitrogen and oxygen atoms in total. The number of carbonyl (C=O) groups is 1. The Kier molecular flexibility index (Phi) is 11.0. The van der Waals surface area contributed by atoms with Gasteiger partial charge in [0.2, 0.25) is 15.9 Å². The topological polar surface area (TPSA) is 81.8 Å². The first-order valence-corrected chi connectivity index (χ1v) is 11.3. The van der Waals surface area contributed by atoms with Crippen molar-refractivity contribution in [3.8, 4) is 0 Å². The van der Waals surface area contributed by atoms with E-state index < -0.39 is 10.0 Å². The Morgan fingerprint density at radius 2 is 1.77 bits per heavy atom. The smallest absolute Gasteiger partial charge is 0.223 e. The first kappa shape index (κ1) is 23.6. The number of hydrogen-bond donors (Lipinski definition) is 2. The molecule has 0 atom stereocenters. The predicted molar refractivity (Wildman–Crippen MR) is 107 cm³/mol. The van der Waals surface area contributed by atoms with Gasteiger partial charge in [-0.1, -0.05) is 13.3 Å². The number of piperazine rings is 1. The van der Waals surface area contributed by atoms with Crippen molar-refractivity contribution in [1.82, 2.24) is 19.8 Å². The summed E-state index contributed by atoms with van der Waals surface area (Å²) in [5.74, 6) is 0.273. The minimum Gasteiger partial charge on any atom is -0.356 e. The molecule has 2 saturated heterocycles. The van der Waals surface area contributed by atoms with Gasteiger partial charge in [0, 0.05) is 51.7 Å². The number of halogens is 1. The van der Waals surface area contributed by atoms with Crippen LogP contribution >= 0.6 is 12.4 Å². The molecule has 2 aliphatic rings. The predicted octanol–water partition coefficient (Wildman–Crippen LogP) is 0.662. The molecule has 154 valence electrons. The van der Waals surface area contributed by atoms with Crippen molar-refractivity contribution < 1.29 is 13.2 Å². The normalized spacial score (nSPS) is 20.5. The molecule has 0 aromatic rings. The molecule has 0 spiro atoms. The maximum absolute atomic E-state index is 12.3. The van der Waals surface area contributed by atoms with E-state index in [1.54, 1.807) is 4.31 Å². The van der Waals surface area contributed by atoms with Gasteiger partial charge in [0.25, 0.3) is 0 Å². The molecule has 0 unspecified atom stereocenters. The average Bonchev–Trinajstić information content (AvgIpc) is 2.64. The number of nitrogens with one attached hydrogen (secondary N) is 2. The third-order valence-electron chi connectivity index (χ3n) is 5.13. The second-order valence-corrected chi connectivity index (χ2v) is 9.17. The molecule has 0 aromatic heterocycles. The number of carbonyl (C=O) groups excluding carboxylic acids is 1. The highest BCUT2D eigenvalue weighted by Gasteiger charge is 2.30. The van der Waals surface area contributed by atoms with Crippen LogP contribution in [0.4, 0.5) is 0 Å². The van der Waals surface area contributed by atoms with Crippen LogP contribution in [0, 0.1) is 5.92 Å². The number of rotatable bonds is 9. The van der Waals surface area contributed by atoms with Gasteiger partial charge >= 0.3 is 0 Å². The lowest BCUT2D eigenvalue weighted by atomic mass is 9.97. The van der Waals surface area contributed by atoms with E-state index in [0.29, 0.717) is 38.9 Å². The Morgan fingerprint density at radius 3 is 2.38 bits per heavy atom. The molecule has 0 aromatic carbocycles. The van der Waals surface area contributed by atoms with E-state index >= 15 is 0 Å². The van der Waals surface area contributed by atoms with Crippen LogP contribution in [-0.4, -0.2) is 81.6 Å². The molecule has 2 N–H and O–H groups in total. The van der Waals surface area contributed by atoms with Crippen LogP contribution in [0.5, 0.6) is 0 Å². The van der Waals surface area contributed by atoms with Crippen LogP contribution in [-0.2, 0) is 14.8 Å². The summed E-state index contributed by atoms with van der Waals surface area (Å²) in [6, 6.07) is 0. The van der Waals surface area contributed by atoms with Gasteiger partial charge in [-0.2, -0.15) is 0 Å². The largest absolute Gasteiger partial charge is 0.356 e. The van der Waals surface area contributed by atoms with Gasteiger partial charge in [0.15, 0.2) is 0 Å². The van der Waals surface area contributed by atoms with Gasteiger partial charge in [0.1, 0.15) is 0 Å². The van der Waals surface area contributed by atoms with E-state index in [2.05, 4.69) is 15.5 Å². The Balaban J connectivity index is 0.00000338. The van der Waals surface area contributed by atoms with Gasteiger partial charge in [-0.05, 0) is 32.2 Å². The lowest BCUT2D eigenvalue weighted by Crippen LogP contribution is -2.45. The third kappa shape index (κ3) is 7.68. The van der Waals surface area contributed by atoms with Crippen LogP contribution in [0.1, 0.15) is 39.0 Å². The van der Waals surface area contributed by atoms with Crippen LogP contribution in [0.2, 0.25) is 0 Å². The molecule has 0 radical (unpaired) electrons. The monoisotopic (exact) mass is 410 g/mol. The fourth-order valence-corrected chi connectivity index (χ4v) is 5.12. The molecular formula is C17H35ClN4O3S. The van der Waals surface area contributed by atoms with Crippen molar-refractivity contribution in [3.63, 3.8) is 0 Å². The van der Waals surface area contributed by atoms with E-state index in [9.17, 15) is 13.2 Å². The highest BCUT2D eigenvalue weighted by Crippen LogP contribution is 2.20. The van der Waals surface area contributed by atoms with Crippen LogP contribution in [0.15, 0.2) is 0 Å². The fourth-order valence-electron chi connectivity index (χ4n) is 3.45. The lowest BCUT2D eigenvalue weighted by Gasteiger charge is -2.30. The lowest BCUT2D eigenvalue weighted by molar-refractivity contribution is -0.126. The van der Waals surface area contributed by atoms with Crippen molar-refractivity contribution in [2.75, 3.05) is 58.1 Å². The zero-order valence-electron chi connectivity index (χ0n) is 15.9. The van der Waals surface area contributed by atoms with Crippen LogP contribution in [0.25, 0.3) is 0 Å². The number of piperidine rings is 1. The minimum absolute atomic E-state index is 0. The van der Waals surface area contributed by atoms with E-state index in [4.69, 9.17) is 0 Å². The number of nitrogens with zero attached hydrogens (tertiary/aromatic N) is 2. The van der Waals surface area contributed by atoms with E-state index in [0.717, 1.165) is 45.6 Å². The first-order valence-electron chi connectivity index (χ1n) is 9.71. The molecular weight excluding hydrogens is 376 g/mol. The summed E-state index contributed by atoms with van der Waals surface area (Å²) in [5, 5.41) is 6.36. The summed E-state index contributed by atoms with van der Waals surface area (Å²) in [7, 11) is -3.14. The molecule has 0 saturated carbocycles. The summed E-state index contributed by atoms with van der Waals surface area (Å²) < 4.78 is 26.0. The molecule has 9 heteroatoms.